The Labute approximate surface area is 118 Å². The third-order valence-electron chi connectivity index (χ3n) is 5.10. The standard InChI is InChI=1S/C18H28O/c1-13-7-5-9-17(11-13)15(3)16(4)18(19)10-6-8-14(2)12-18/h7-8,17,19H,5-6,9-12H2,1-4H3. The van der Waals surface area contributed by atoms with Crippen molar-refractivity contribution in [2.24, 2.45) is 5.92 Å². The van der Waals surface area contributed by atoms with Gasteiger partial charge in [-0.15, -0.1) is 0 Å². The van der Waals surface area contributed by atoms with Gasteiger partial charge in [0.1, 0.15) is 0 Å². The summed E-state index contributed by atoms with van der Waals surface area (Å²) < 4.78 is 0. The van der Waals surface area contributed by atoms with Gasteiger partial charge in [0.05, 0.1) is 5.60 Å². The molecule has 0 spiro atoms. The third kappa shape index (κ3) is 3.20. The van der Waals surface area contributed by atoms with Gasteiger partial charge in [0, 0.05) is 6.42 Å². The van der Waals surface area contributed by atoms with E-state index in [-0.39, 0.29) is 0 Å². The van der Waals surface area contributed by atoms with Crippen molar-refractivity contribution in [2.45, 2.75) is 71.8 Å². The van der Waals surface area contributed by atoms with E-state index in [9.17, 15) is 5.11 Å². The Bertz CT molecular complexity index is 439. The molecular formula is C18H28O. The zero-order valence-electron chi connectivity index (χ0n) is 12.9. The Morgan fingerprint density at radius 1 is 1.16 bits per heavy atom. The first kappa shape index (κ1) is 14.6. The highest BCUT2D eigenvalue weighted by Gasteiger charge is 2.33. The van der Waals surface area contributed by atoms with Crippen LogP contribution in [0.5, 0.6) is 0 Å². The summed E-state index contributed by atoms with van der Waals surface area (Å²) in [5.74, 6) is 0.639. The molecule has 106 valence electrons. The van der Waals surface area contributed by atoms with E-state index in [0.29, 0.717) is 5.92 Å². The van der Waals surface area contributed by atoms with Crippen molar-refractivity contribution in [3.8, 4) is 0 Å². The van der Waals surface area contributed by atoms with E-state index in [4.69, 9.17) is 0 Å². The van der Waals surface area contributed by atoms with Crippen LogP contribution in [0.2, 0.25) is 0 Å². The van der Waals surface area contributed by atoms with Gasteiger partial charge in [-0.25, -0.2) is 0 Å². The lowest BCUT2D eigenvalue weighted by Crippen LogP contribution is -2.34. The lowest BCUT2D eigenvalue weighted by molar-refractivity contribution is 0.0636. The molecule has 0 bridgehead atoms. The quantitative estimate of drug-likeness (QED) is 0.698. The fraction of sp³-hybridized carbons (Fsp3) is 0.667. The molecule has 0 aromatic heterocycles. The predicted octanol–water partition coefficient (Wildman–Crippen LogP) is 4.93. The van der Waals surface area contributed by atoms with Crippen molar-refractivity contribution in [3.63, 3.8) is 0 Å². The van der Waals surface area contributed by atoms with Crippen LogP contribution in [0.4, 0.5) is 0 Å². The Morgan fingerprint density at radius 3 is 2.47 bits per heavy atom. The van der Waals surface area contributed by atoms with E-state index in [2.05, 4.69) is 39.8 Å². The first-order valence-corrected chi connectivity index (χ1v) is 7.64. The summed E-state index contributed by atoms with van der Waals surface area (Å²) in [6, 6.07) is 0. The molecule has 0 saturated heterocycles. The van der Waals surface area contributed by atoms with Crippen molar-refractivity contribution >= 4 is 0 Å². The molecule has 1 heteroatoms. The van der Waals surface area contributed by atoms with Gasteiger partial charge < -0.3 is 5.11 Å². The molecule has 0 fully saturated rings. The summed E-state index contributed by atoms with van der Waals surface area (Å²) in [5, 5.41) is 11.0. The van der Waals surface area contributed by atoms with Gasteiger partial charge in [-0.05, 0) is 71.3 Å². The number of hydrogen-bond donors (Lipinski definition) is 1. The van der Waals surface area contributed by atoms with E-state index >= 15 is 0 Å². The number of rotatable bonds is 2. The van der Waals surface area contributed by atoms with Crippen LogP contribution in [0.1, 0.15) is 66.2 Å². The van der Waals surface area contributed by atoms with E-state index in [1.165, 1.54) is 41.6 Å². The number of aliphatic hydroxyl groups is 1. The van der Waals surface area contributed by atoms with Gasteiger partial charge in [-0.2, -0.15) is 0 Å². The minimum atomic E-state index is -0.585. The molecular weight excluding hydrogens is 232 g/mol. The lowest BCUT2D eigenvalue weighted by Gasteiger charge is -2.36. The summed E-state index contributed by atoms with van der Waals surface area (Å²) in [7, 11) is 0. The maximum Gasteiger partial charge on any atom is 0.0896 e. The predicted molar refractivity (Wildman–Crippen MR) is 82.0 cm³/mol. The fourth-order valence-corrected chi connectivity index (χ4v) is 3.65. The molecule has 2 aliphatic rings. The molecule has 19 heavy (non-hydrogen) atoms. The zero-order valence-corrected chi connectivity index (χ0v) is 12.9. The molecule has 2 unspecified atom stereocenters. The van der Waals surface area contributed by atoms with E-state index in [1.807, 2.05) is 0 Å². The Hall–Kier alpha value is -0.820. The van der Waals surface area contributed by atoms with Crippen molar-refractivity contribution < 1.29 is 5.11 Å². The molecule has 0 radical (unpaired) electrons. The molecule has 0 aromatic rings. The average molecular weight is 260 g/mol. The van der Waals surface area contributed by atoms with Crippen LogP contribution < -0.4 is 0 Å². The fourth-order valence-electron chi connectivity index (χ4n) is 3.65. The van der Waals surface area contributed by atoms with Crippen LogP contribution in [0, 0.1) is 5.92 Å². The molecule has 0 heterocycles. The minimum Gasteiger partial charge on any atom is -0.385 e. The maximum absolute atomic E-state index is 11.0. The molecule has 2 rings (SSSR count). The van der Waals surface area contributed by atoms with Gasteiger partial charge in [0.25, 0.3) is 0 Å². The Balaban J connectivity index is 2.21. The summed E-state index contributed by atoms with van der Waals surface area (Å²) in [6.45, 7) is 8.77. The average Bonchev–Trinajstić information content (AvgIpc) is 2.36. The van der Waals surface area contributed by atoms with Crippen molar-refractivity contribution in [2.75, 3.05) is 0 Å². The molecule has 0 saturated carbocycles. The molecule has 1 N–H and O–H groups in total. The lowest BCUT2D eigenvalue weighted by atomic mass is 9.74. The highest BCUT2D eigenvalue weighted by atomic mass is 16.3. The SMILES string of the molecule is CC1=CCCC(C(C)=C(C)C2(O)CCC=C(C)C2)C1. The van der Waals surface area contributed by atoms with Gasteiger partial charge in [-0.3, -0.25) is 0 Å². The summed E-state index contributed by atoms with van der Waals surface area (Å²) >= 11 is 0. The maximum atomic E-state index is 11.0. The summed E-state index contributed by atoms with van der Waals surface area (Å²) in [4.78, 5) is 0. The zero-order chi connectivity index (χ0) is 14.0. The van der Waals surface area contributed by atoms with Gasteiger partial charge in [0.15, 0.2) is 0 Å². The minimum absolute atomic E-state index is 0.585. The second kappa shape index (κ2) is 5.66. The Kier molecular flexibility index (Phi) is 4.35. The smallest absolute Gasteiger partial charge is 0.0896 e. The van der Waals surface area contributed by atoms with Crippen LogP contribution in [-0.2, 0) is 0 Å². The van der Waals surface area contributed by atoms with Crippen LogP contribution in [0.3, 0.4) is 0 Å². The topological polar surface area (TPSA) is 20.2 Å². The Morgan fingerprint density at radius 2 is 1.84 bits per heavy atom. The largest absolute Gasteiger partial charge is 0.385 e. The first-order valence-electron chi connectivity index (χ1n) is 7.64. The molecule has 0 amide bonds. The van der Waals surface area contributed by atoms with E-state index in [0.717, 1.165) is 19.3 Å². The van der Waals surface area contributed by atoms with Crippen molar-refractivity contribution in [3.05, 3.63) is 34.4 Å². The number of allylic oxidation sites excluding steroid dienone is 4. The van der Waals surface area contributed by atoms with Crippen LogP contribution in [-0.4, -0.2) is 10.7 Å². The molecule has 0 aromatic carbocycles. The van der Waals surface area contributed by atoms with Gasteiger partial charge in [-0.1, -0.05) is 28.9 Å². The monoisotopic (exact) mass is 260 g/mol. The van der Waals surface area contributed by atoms with Crippen molar-refractivity contribution in [1.82, 2.24) is 0 Å². The van der Waals surface area contributed by atoms with Crippen molar-refractivity contribution in [1.29, 1.82) is 0 Å². The first-order chi connectivity index (χ1) is 8.92. The molecule has 2 atom stereocenters. The summed E-state index contributed by atoms with van der Waals surface area (Å²) in [5.41, 5.74) is 4.93. The van der Waals surface area contributed by atoms with E-state index < -0.39 is 5.60 Å². The number of hydrogen-bond acceptors (Lipinski definition) is 1. The highest BCUT2D eigenvalue weighted by molar-refractivity contribution is 5.29. The second-order valence-electron chi connectivity index (χ2n) is 6.63. The second-order valence-corrected chi connectivity index (χ2v) is 6.63. The van der Waals surface area contributed by atoms with Gasteiger partial charge >= 0.3 is 0 Å². The van der Waals surface area contributed by atoms with Gasteiger partial charge in [0.2, 0.25) is 0 Å². The normalized spacial score (nSPS) is 33.4. The third-order valence-corrected chi connectivity index (χ3v) is 5.10. The van der Waals surface area contributed by atoms with E-state index in [1.54, 1.807) is 0 Å². The summed E-state index contributed by atoms with van der Waals surface area (Å²) in [6.07, 6.45) is 11.0. The molecule has 0 aliphatic heterocycles. The highest BCUT2D eigenvalue weighted by Crippen LogP contribution is 2.39. The van der Waals surface area contributed by atoms with Crippen LogP contribution in [0.15, 0.2) is 34.4 Å². The molecule has 1 nitrogen and oxygen atoms in total. The molecule has 2 aliphatic carbocycles. The van der Waals surface area contributed by atoms with Crippen LogP contribution in [0.25, 0.3) is 0 Å². The van der Waals surface area contributed by atoms with Crippen LogP contribution >= 0.6 is 0 Å².